The smallest absolute Gasteiger partial charge is 0.0635 e. The molecule has 4 N–H and O–H groups in total. The van der Waals surface area contributed by atoms with Crippen LogP contribution in [0.4, 0.5) is 0 Å². The Labute approximate surface area is 85.2 Å². The van der Waals surface area contributed by atoms with Crippen molar-refractivity contribution in [2.75, 3.05) is 27.2 Å². The van der Waals surface area contributed by atoms with Crippen molar-refractivity contribution >= 4 is 0 Å². The zero-order valence-electron chi connectivity index (χ0n) is 8.77. The number of nitrogens with zero attached hydrogens (tertiary/aromatic N) is 4. The van der Waals surface area contributed by atoms with Gasteiger partial charge in [-0.2, -0.15) is 10.5 Å². The Bertz CT molecular complexity index is 165. The average molecular weight is 198 g/mol. The summed E-state index contributed by atoms with van der Waals surface area (Å²) in [5.41, 5.74) is 0. The standard InChI is InChI=1S/2C4H9N3/c2*1-7(6)4-2-3-5/h2*2,4,6H2,1H3. The summed E-state index contributed by atoms with van der Waals surface area (Å²) in [7, 11) is 3.47. The summed E-state index contributed by atoms with van der Waals surface area (Å²) in [5, 5.41) is 18.9. The van der Waals surface area contributed by atoms with Crippen LogP contribution in [0.3, 0.4) is 0 Å². The summed E-state index contributed by atoms with van der Waals surface area (Å²) in [6.45, 7) is 1.30. The van der Waals surface area contributed by atoms with Crippen LogP contribution in [0.2, 0.25) is 0 Å². The molecule has 6 heteroatoms. The lowest BCUT2D eigenvalue weighted by molar-refractivity contribution is 0.358. The summed E-state index contributed by atoms with van der Waals surface area (Å²) in [5.74, 6) is 10.3. The van der Waals surface area contributed by atoms with Crippen molar-refractivity contribution in [3.05, 3.63) is 0 Å². The summed E-state index contributed by atoms with van der Waals surface area (Å²) < 4.78 is 0. The molecule has 0 saturated heterocycles. The van der Waals surface area contributed by atoms with Gasteiger partial charge in [0.1, 0.15) is 0 Å². The average Bonchev–Trinajstić information content (AvgIpc) is 2.12. The highest BCUT2D eigenvalue weighted by Crippen LogP contribution is 1.74. The molecule has 0 aliphatic heterocycles. The lowest BCUT2D eigenvalue weighted by Crippen LogP contribution is -2.26. The van der Waals surface area contributed by atoms with E-state index >= 15 is 0 Å². The second kappa shape index (κ2) is 11.8. The molecular weight excluding hydrogens is 180 g/mol. The van der Waals surface area contributed by atoms with Crippen LogP contribution in [0.1, 0.15) is 12.8 Å². The minimum Gasteiger partial charge on any atom is -0.269 e. The number of nitriles is 2. The van der Waals surface area contributed by atoms with Crippen LogP contribution in [0.25, 0.3) is 0 Å². The second-order valence-corrected chi connectivity index (χ2v) is 2.78. The van der Waals surface area contributed by atoms with E-state index in [9.17, 15) is 0 Å². The number of hydrazine groups is 2. The highest BCUT2D eigenvalue weighted by molar-refractivity contribution is 4.69. The fourth-order valence-corrected chi connectivity index (χ4v) is 0.453. The third-order valence-electron chi connectivity index (χ3n) is 1.15. The Kier molecular flexibility index (Phi) is 12.9. The van der Waals surface area contributed by atoms with Crippen LogP contribution in [0, 0.1) is 22.7 Å². The van der Waals surface area contributed by atoms with Crippen molar-refractivity contribution in [1.29, 1.82) is 10.5 Å². The van der Waals surface area contributed by atoms with Gasteiger partial charge in [0, 0.05) is 40.0 Å². The summed E-state index contributed by atoms with van der Waals surface area (Å²) in [6.07, 6.45) is 1.01. The van der Waals surface area contributed by atoms with Crippen molar-refractivity contribution in [2.24, 2.45) is 11.7 Å². The van der Waals surface area contributed by atoms with Crippen LogP contribution in [0.15, 0.2) is 0 Å². The van der Waals surface area contributed by atoms with E-state index in [0.29, 0.717) is 25.9 Å². The van der Waals surface area contributed by atoms with Gasteiger partial charge in [-0.05, 0) is 0 Å². The van der Waals surface area contributed by atoms with Crippen LogP contribution in [-0.4, -0.2) is 37.2 Å². The zero-order valence-corrected chi connectivity index (χ0v) is 8.77. The monoisotopic (exact) mass is 198 g/mol. The van der Waals surface area contributed by atoms with Crippen LogP contribution in [-0.2, 0) is 0 Å². The molecule has 0 aromatic rings. The minimum absolute atomic E-state index is 0.507. The Morgan fingerprint density at radius 1 is 0.929 bits per heavy atom. The quantitative estimate of drug-likeness (QED) is 0.462. The molecule has 0 saturated carbocycles. The summed E-state index contributed by atoms with van der Waals surface area (Å²) >= 11 is 0. The molecule has 0 atom stereocenters. The predicted molar refractivity (Wildman–Crippen MR) is 54.1 cm³/mol. The molecule has 0 spiro atoms. The van der Waals surface area contributed by atoms with Gasteiger partial charge in [0.2, 0.25) is 0 Å². The van der Waals surface area contributed by atoms with Gasteiger partial charge in [0.25, 0.3) is 0 Å². The maximum absolute atomic E-state index is 7.98. The zero-order chi connectivity index (χ0) is 11.4. The van der Waals surface area contributed by atoms with Crippen LogP contribution < -0.4 is 11.7 Å². The molecule has 0 rings (SSSR count). The fourth-order valence-electron chi connectivity index (χ4n) is 0.453. The third kappa shape index (κ3) is 22.4. The molecule has 14 heavy (non-hydrogen) atoms. The Hall–Kier alpha value is -1.18. The van der Waals surface area contributed by atoms with E-state index in [2.05, 4.69) is 0 Å². The normalized spacial score (nSPS) is 8.86. The Morgan fingerprint density at radius 2 is 1.21 bits per heavy atom. The minimum atomic E-state index is 0.507. The van der Waals surface area contributed by atoms with E-state index < -0.39 is 0 Å². The molecule has 0 radical (unpaired) electrons. The summed E-state index contributed by atoms with van der Waals surface area (Å²) in [4.78, 5) is 0. The molecule has 0 amide bonds. The Morgan fingerprint density at radius 3 is 1.29 bits per heavy atom. The van der Waals surface area contributed by atoms with Crippen molar-refractivity contribution in [1.82, 2.24) is 10.0 Å². The second-order valence-electron chi connectivity index (χ2n) is 2.78. The third-order valence-corrected chi connectivity index (χ3v) is 1.15. The largest absolute Gasteiger partial charge is 0.269 e. The molecule has 0 aromatic heterocycles. The number of hydrogen-bond donors (Lipinski definition) is 2. The lowest BCUT2D eigenvalue weighted by Gasteiger charge is -2.02. The lowest BCUT2D eigenvalue weighted by atomic mass is 10.5. The first-order valence-electron chi connectivity index (χ1n) is 4.20. The number of nitrogens with two attached hydrogens (primary N) is 2. The van der Waals surface area contributed by atoms with Crippen LogP contribution >= 0.6 is 0 Å². The van der Waals surface area contributed by atoms with Crippen molar-refractivity contribution in [3.63, 3.8) is 0 Å². The van der Waals surface area contributed by atoms with Gasteiger partial charge in [0.15, 0.2) is 0 Å². The molecule has 0 aliphatic carbocycles. The predicted octanol–water partition coefficient (Wildman–Crippen LogP) is -0.589. The maximum atomic E-state index is 7.98. The summed E-state index contributed by atoms with van der Waals surface area (Å²) in [6, 6.07) is 3.95. The molecule has 0 fully saturated rings. The SMILES string of the molecule is CN(N)CCC#N.CN(N)CCC#N. The van der Waals surface area contributed by atoms with E-state index in [0.717, 1.165) is 0 Å². The molecule has 80 valence electrons. The van der Waals surface area contributed by atoms with Crippen LogP contribution in [0.5, 0.6) is 0 Å². The van der Waals surface area contributed by atoms with Crippen molar-refractivity contribution < 1.29 is 0 Å². The molecule has 0 heterocycles. The van der Waals surface area contributed by atoms with Crippen molar-refractivity contribution in [2.45, 2.75) is 12.8 Å². The van der Waals surface area contributed by atoms with Gasteiger partial charge in [-0.1, -0.05) is 0 Å². The van der Waals surface area contributed by atoms with Crippen molar-refractivity contribution in [3.8, 4) is 12.1 Å². The van der Waals surface area contributed by atoms with Gasteiger partial charge < -0.3 is 0 Å². The molecule has 6 nitrogen and oxygen atoms in total. The first kappa shape index (κ1) is 15.3. The van der Waals surface area contributed by atoms with Gasteiger partial charge in [0.05, 0.1) is 12.1 Å². The fraction of sp³-hybridized carbons (Fsp3) is 0.750. The highest BCUT2D eigenvalue weighted by atomic mass is 15.4. The van der Waals surface area contributed by atoms with Gasteiger partial charge in [-0.25, -0.2) is 10.0 Å². The molecule has 0 aliphatic rings. The molecule has 0 unspecified atom stereocenters. The Balaban J connectivity index is 0. The van der Waals surface area contributed by atoms with E-state index in [1.807, 2.05) is 12.1 Å². The van der Waals surface area contributed by atoms with E-state index in [1.54, 1.807) is 14.1 Å². The van der Waals surface area contributed by atoms with E-state index in [1.165, 1.54) is 10.0 Å². The van der Waals surface area contributed by atoms with Gasteiger partial charge in [-0.3, -0.25) is 11.7 Å². The van der Waals surface area contributed by atoms with Gasteiger partial charge in [-0.15, -0.1) is 0 Å². The first-order chi connectivity index (χ1) is 6.54. The highest BCUT2D eigenvalue weighted by Gasteiger charge is 1.84. The van der Waals surface area contributed by atoms with E-state index in [-0.39, 0.29) is 0 Å². The maximum Gasteiger partial charge on any atom is 0.0635 e. The molecule has 0 aromatic carbocycles. The number of hydrogen-bond acceptors (Lipinski definition) is 6. The molecular formula is C8H18N6. The molecule has 0 bridgehead atoms. The topological polar surface area (TPSA) is 106 Å². The van der Waals surface area contributed by atoms with Gasteiger partial charge >= 0.3 is 0 Å². The van der Waals surface area contributed by atoms with E-state index in [4.69, 9.17) is 22.2 Å². The first-order valence-corrected chi connectivity index (χ1v) is 4.20. The number of rotatable bonds is 4.